The third-order valence-corrected chi connectivity index (χ3v) is 4.09. The number of alkyl halides is 3. The van der Waals surface area contributed by atoms with Crippen molar-refractivity contribution in [2.75, 3.05) is 26.2 Å². The summed E-state index contributed by atoms with van der Waals surface area (Å²) in [6.45, 7) is 7.98. The predicted octanol–water partition coefficient (Wildman–Crippen LogP) is 4.81. The molecule has 1 aliphatic heterocycles. The summed E-state index contributed by atoms with van der Waals surface area (Å²) in [4.78, 5) is 2.35. The number of hydrogen-bond donors (Lipinski definition) is 1. The molecule has 1 heterocycles. The number of nitrogens with one attached hydrogen (secondary N) is 1. The van der Waals surface area contributed by atoms with Crippen LogP contribution in [0.2, 0.25) is 0 Å². The summed E-state index contributed by atoms with van der Waals surface area (Å²) in [5.74, 6) is 0.426. The summed E-state index contributed by atoms with van der Waals surface area (Å²) in [5, 5.41) is 3.31. The first kappa shape index (κ1) is 24.3. The van der Waals surface area contributed by atoms with Crippen LogP contribution >= 0.6 is 24.8 Å². The molecular formula is C17H27Cl2F3N2O. The zero-order valence-electron chi connectivity index (χ0n) is 14.5. The number of benzene rings is 1. The number of hydrogen-bond acceptors (Lipinski definition) is 3. The Balaban J connectivity index is 0.00000288. The van der Waals surface area contributed by atoms with Gasteiger partial charge in [0.25, 0.3) is 0 Å². The molecule has 25 heavy (non-hydrogen) atoms. The second-order valence-electron chi connectivity index (χ2n) is 6.39. The standard InChI is InChI=1S/C17H25F3N2O.2ClH/c1-13(2)6-7-16(22-10-8-21-9-11-22)14-4-3-5-15(12-14)23-17(18,19)20;;/h3-5,12-13,16,21H,6-11H2,1-2H3;2*1H/t16-;;/m1../s1. The maximum absolute atomic E-state index is 12.4. The maximum Gasteiger partial charge on any atom is 0.573 e. The highest BCUT2D eigenvalue weighted by Gasteiger charge is 2.31. The molecule has 0 spiro atoms. The van der Waals surface area contributed by atoms with E-state index in [1.54, 1.807) is 6.07 Å². The van der Waals surface area contributed by atoms with Crippen molar-refractivity contribution in [1.29, 1.82) is 0 Å². The SMILES string of the molecule is CC(C)CC[C@H](c1cccc(OC(F)(F)F)c1)N1CCNCC1.Cl.Cl. The van der Waals surface area contributed by atoms with Gasteiger partial charge in [-0.05, 0) is 36.5 Å². The number of ether oxygens (including phenoxy) is 1. The van der Waals surface area contributed by atoms with Gasteiger partial charge in [-0.15, -0.1) is 38.0 Å². The van der Waals surface area contributed by atoms with Crippen molar-refractivity contribution in [2.45, 2.75) is 39.1 Å². The van der Waals surface area contributed by atoms with Crippen LogP contribution in [0.5, 0.6) is 5.75 Å². The molecule has 0 unspecified atom stereocenters. The highest BCUT2D eigenvalue weighted by molar-refractivity contribution is 5.85. The first-order valence-corrected chi connectivity index (χ1v) is 8.15. The molecule has 2 rings (SSSR count). The van der Waals surface area contributed by atoms with Crippen LogP contribution in [0.1, 0.15) is 38.3 Å². The Labute approximate surface area is 160 Å². The summed E-state index contributed by atoms with van der Waals surface area (Å²) in [6.07, 6.45) is -2.67. The van der Waals surface area contributed by atoms with E-state index in [1.807, 2.05) is 6.07 Å². The Kier molecular flexibility index (Phi) is 10.8. The van der Waals surface area contributed by atoms with Gasteiger partial charge in [-0.2, -0.15) is 0 Å². The quantitative estimate of drug-likeness (QED) is 0.738. The normalized spacial score (nSPS) is 16.7. The molecule has 1 aromatic rings. The van der Waals surface area contributed by atoms with Crippen molar-refractivity contribution in [3.63, 3.8) is 0 Å². The molecule has 1 aliphatic rings. The van der Waals surface area contributed by atoms with Crippen molar-refractivity contribution in [3.8, 4) is 5.75 Å². The number of halogens is 5. The van der Waals surface area contributed by atoms with E-state index in [2.05, 4.69) is 28.8 Å². The fourth-order valence-corrected chi connectivity index (χ4v) is 2.96. The summed E-state index contributed by atoms with van der Waals surface area (Å²) >= 11 is 0. The Bertz CT molecular complexity index is 495. The second kappa shape index (κ2) is 11.1. The lowest BCUT2D eigenvalue weighted by Crippen LogP contribution is -2.45. The van der Waals surface area contributed by atoms with Gasteiger partial charge in [0.15, 0.2) is 0 Å². The zero-order chi connectivity index (χ0) is 16.9. The molecule has 0 aliphatic carbocycles. The average Bonchev–Trinajstić information content (AvgIpc) is 2.47. The number of rotatable bonds is 6. The Morgan fingerprint density at radius 3 is 2.32 bits per heavy atom. The number of nitrogens with zero attached hydrogens (tertiary/aromatic N) is 1. The fraction of sp³-hybridized carbons (Fsp3) is 0.647. The molecule has 146 valence electrons. The molecule has 1 aromatic carbocycles. The van der Waals surface area contributed by atoms with E-state index < -0.39 is 6.36 Å². The summed E-state index contributed by atoms with van der Waals surface area (Å²) < 4.78 is 41.4. The highest BCUT2D eigenvalue weighted by Crippen LogP contribution is 2.31. The van der Waals surface area contributed by atoms with Gasteiger partial charge in [0.05, 0.1) is 0 Å². The third-order valence-electron chi connectivity index (χ3n) is 4.09. The van der Waals surface area contributed by atoms with Crippen LogP contribution in [0.3, 0.4) is 0 Å². The molecule has 8 heteroatoms. The molecule has 1 N–H and O–H groups in total. The van der Waals surface area contributed by atoms with E-state index in [0.29, 0.717) is 5.92 Å². The summed E-state index contributed by atoms with van der Waals surface area (Å²) in [7, 11) is 0. The molecule has 0 amide bonds. The van der Waals surface area contributed by atoms with E-state index in [1.165, 1.54) is 12.1 Å². The van der Waals surface area contributed by atoms with Crippen molar-refractivity contribution >= 4 is 24.8 Å². The summed E-state index contributed by atoms with van der Waals surface area (Å²) in [5.41, 5.74) is 0.898. The minimum atomic E-state index is -4.65. The van der Waals surface area contributed by atoms with Gasteiger partial charge in [0, 0.05) is 32.2 Å². The lowest BCUT2D eigenvalue weighted by atomic mass is 9.95. The van der Waals surface area contributed by atoms with E-state index in [4.69, 9.17) is 0 Å². The first-order valence-electron chi connectivity index (χ1n) is 8.15. The molecule has 1 atom stereocenters. The van der Waals surface area contributed by atoms with Gasteiger partial charge in [-0.1, -0.05) is 26.0 Å². The van der Waals surface area contributed by atoms with E-state index in [-0.39, 0.29) is 36.6 Å². The molecule has 1 fully saturated rings. The maximum atomic E-state index is 12.4. The second-order valence-corrected chi connectivity index (χ2v) is 6.39. The molecule has 0 aromatic heterocycles. The largest absolute Gasteiger partial charge is 0.573 e. The molecule has 0 radical (unpaired) electrons. The molecular weight excluding hydrogens is 376 g/mol. The van der Waals surface area contributed by atoms with Gasteiger partial charge < -0.3 is 10.1 Å². The Hall–Kier alpha value is -0.690. The van der Waals surface area contributed by atoms with E-state index in [0.717, 1.165) is 44.6 Å². The van der Waals surface area contributed by atoms with Crippen LogP contribution in [0.25, 0.3) is 0 Å². The third kappa shape index (κ3) is 8.49. The van der Waals surface area contributed by atoms with E-state index >= 15 is 0 Å². The van der Waals surface area contributed by atoms with Crippen LogP contribution in [-0.2, 0) is 0 Å². The predicted molar refractivity (Wildman–Crippen MR) is 98.9 cm³/mol. The summed E-state index contributed by atoms with van der Waals surface area (Å²) in [6, 6.07) is 6.56. The van der Waals surface area contributed by atoms with Gasteiger partial charge >= 0.3 is 6.36 Å². The van der Waals surface area contributed by atoms with Crippen LogP contribution in [0, 0.1) is 5.92 Å². The molecule has 0 bridgehead atoms. The molecule has 0 saturated carbocycles. The van der Waals surface area contributed by atoms with Crippen LogP contribution in [0.4, 0.5) is 13.2 Å². The van der Waals surface area contributed by atoms with Crippen molar-refractivity contribution in [1.82, 2.24) is 10.2 Å². The Morgan fingerprint density at radius 1 is 1.12 bits per heavy atom. The molecule has 3 nitrogen and oxygen atoms in total. The van der Waals surface area contributed by atoms with Crippen LogP contribution in [0.15, 0.2) is 24.3 Å². The fourth-order valence-electron chi connectivity index (χ4n) is 2.96. The lowest BCUT2D eigenvalue weighted by molar-refractivity contribution is -0.274. The number of piperazine rings is 1. The molecule has 1 saturated heterocycles. The lowest BCUT2D eigenvalue weighted by Gasteiger charge is -2.35. The van der Waals surface area contributed by atoms with Crippen LogP contribution < -0.4 is 10.1 Å². The van der Waals surface area contributed by atoms with Gasteiger partial charge in [-0.25, -0.2) is 0 Å². The topological polar surface area (TPSA) is 24.5 Å². The monoisotopic (exact) mass is 402 g/mol. The van der Waals surface area contributed by atoms with Gasteiger partial charge in [0.2, 0.25) is 0 Å². The smallest absolute Gasteiger partial charge is 0.406 e. The van der Waals surface area contributed by atoms with Gasteiger partial charge in [-0.3, -0.25) is 4.90 Å². The average molecular weight is 403 g/mol. The van der Waals surface area contributed by atoms with E-state index in [9.17, 15) is 13.2 Å². The minimum absolute atomic E-state index is 0. The van der Waals surface area contributed by atoms with Crippen molar-refractivity contribution in [3.05, 3.63) is 29.8 Å². The van der Waals surface area contributed by atoms with Crippen molar-refractivity contribution in [2.24, 2.45) is 5.92 Å². The Morgan fingerprint density at radius 2 is 1.76 bits per heavy atom. The zero-order valence-corrected chi connectivity index (χ0v) is 16.1. The van der Waals surface area contributed by atoms with Crippen LogP contribution in [-0.4, -0.2) is 37.4 Å². The highest BCUT2D eigenvalue weighted by atomic mass is 35.5. The first-order chi connectivity index (χ1) is 10.8. The minimum Gasteiger partial charge on any atom is -0.406 e. The van der Waals surface area contributed by atoms with Gasteiger partial charge in [0.1, 0.15) is 5.75 Å². The van der Waals surface area contributed by atoms with Crippen molar-refractivity contribution < 1.29 is 17.9 Å².